The van der Waals surface area contributed by atoms with Crippen molar-refractivity contribution < 1.29 is 5.11 Å². The molecule has 0 saturated heterocycles. The second kappa shape index (κ2) is 9.90. The molecule has 2 N–H and O–H groups in total. The van der Waals surface area contributed by atoms with Crippen molar-refractivity contribution in [3.8, 4) is 0 Å². The van der Waals surface area contributed by atoms with Gasteiger partial charge in [0.1, 0.15) is 0 Å². The minimum absolute atomic E-state index is 0.311. The number of nitrogens with one attached hydrogen (secondary N) is 1. The van der Waals surface area contributed by atoms with Gasteiger partial charge in [-0.1, -0.05) is 47.0 Å². The fourth-order valence-corrected chi connectivity index (χ4v) is 2.20. The van der Waals surface area contributed by atoms with E-state index in [0.717, 1.165) is 31.8 Å². The van der Waals surface area contributed by atoms with E-state index in [0.29, 0.717) is 12.0 Å². The molecule has 0 spiro atoms. The first-order chi connectivity index (χ1) is 8.05. The highest BCUT2D eigenvalue weighted by atomic mass is 16.2. The Balaban J connectivity index is 3.70. The van der Waals surface area contributed by atoms with Crippen molar-refractivity contribution >= 4 is 0 Å². The highest BCUT2D eigenvalue weighted by Gasteiger charge is 2.17. The molecule has 0 aromatic heterocycles. The Morgan fingerprint density at radius 3 is 2.41 bits per heavy atom. The molecule has 0 aromatic carbocycles. The lowest BCUT2D eigenvalue weighted by molar-refractivity contribution is 0.233. The first-order valence-electron chi connectivity index (χ1n) is 7.37. The lowest BCUT2D eigenvalue weighted by atomic mass is 9.87. The van der Waals surface area contributed by atoms with Crippen LogP contribution in [-0.2, 0) is 0 Å². The summed E-state index contributed by atoms with van der Waals surface area (Å²) in [4.78, 5) is 0. The third kappa shape index (κ3) is 9.61. The lowest BCUT2D eigenvalue weighted by Crippen LogP contribution is -2.33. The van der Waals surface area contributed by atoms with Crippen molar-refractivity contribution in [3.63, 3.8) is 0 Å². The van der Waals surface area contributed by atoms with E-state index in [2.05, 4.69) is 33.0 Å². The van der Waals surface area contributed by atoms with Crippen molar-refractivity contribution in [3.05, 3.63) is 0 Å². The fourth-order valence-electron chi connectivity index (χ4n) is 2.20. The molecule has 0 amide bonds. The summed E-state index contributed by atoms with van der Waals surface area (Å²) < 4.78 is 0. The molecule has 1 atom stereocenters. The molecule has 0 aliphatic carbocycles. The van der Waals surface area contributed by atoms with E-state index < -0.39 is 0 Å². The zero-order chi connectivity index (χ0) is 13.1. The molecule has 0 saturated carbocycles. The molecule has 0 bridgehead atoms. The monoisotopic (exact) mass is 243 g/mol. The topological polar surface area (TPSA) is 32.3 Å². The van der Waals surface area contributed by atoms with Crippen LogP contribution in [0.25, 0.3) is 0 Å². The smallest absolute Gasteiger partial charge is 0.0431 e. The highest BCUT2D eigenvalue weighted by molar-refractivity contribution is 4.72. The molecule has 1 unspecified atom stereocenters. The van der Waals surface area contributed by atoms with Crippen molar-refractivity contribution in [1.29, 1.82) is 0 Å². The van der Waals surface area contributed by atoms with Gasteiger partial charge in [0.25, 0.3) is 0 Å². The maximum atomic E-state index is 8.86. The largest absolute Gasteiger partial charge is 0.396 e. The van der Waals surface area contributed by atoms with Crippen LogP contribution in [-0.4, -0.2) is 24.8 Å². The van der Waals surface area contributed by atoms with Crippen molar-refractivity contribution in [1.82, 2.24) is 5.32 Å². The standard InChI is InChI=1S/C15H33NO/c1-5-7-9-14(6-2)12-16-13-15(3,4)10-8-11-17/h14,16-17H,5-13H2,1-4H3. The Hall–Kier alpha value is -0.0800. The Labute approximate surface area is 108 Å². The predicted octanol–water partition coefficient (Wildman–Crippen LogP) is 3.59. The molecule has 0 radical (unpaired) electrons. The van der Waals surface area contributed by atoms with Crippen LogP contribution < -0.4 is 5.32 Å². The number of unbranched alkanes of at least 4 members (excludes halogenated alkanes) is 1. The number of hydrogen-bond donors (Lipinski definition) is 2. The molecule has 0 aliphatic heterocycles. The second-order valence-corrected chi connectivity index (χ2v) is 6.04. The Bertz CT molecular complexity index is 168. The molecule has 17 heavy (non-hydrogen) atoms. The molecule has 2 heteroatoms. The van der Waals surface area contributed by atoms with Crippen LogP contribution in [0.2, 0.25) is 0 Å². The Morgan fingerprint density at radius 2 is 1.88 bits per heavy atom. The maximum Gasteiger partial charge on any atom is 0.0431 e. The Kier molecular flexibility index (Phi) is 9.85. The SMILES string of the molecule is CCCCC(CC)CNCC(C)(C)CCCO. The van der Waals surface area contributed by atoms with Crippen LogP contribution in [0.5, 0.6) is 0 Å². The summed E-state index contributed by atoms with van der Waals surface area (Å²) in [5, 5.41) is 12.5. The van der Waals surface area contributed by atoms with E-state index in [9.17, 15) is 0 Å². The van der Waals surface area contributed by atoms with Gasteiger partial charge in [-0.3, -0.25) is 0 Å². The van der Waals surface area contributed by atoms with Gasteiger partial charge in [0.2, 0.25) is 0 Å². The van der Waals surface area contributed by atoms with Gasteiger partial charge in [0.15, 0.2) is 0 Å². The summed E-state index contributed by atoms with van der Waals surface area (Å²) >= 11 is 0. The van der Waals surface area contributed by atoms with Crippen LogP contribution >= 0.6 is 0 Å². The first-order valence-corrected chi connectivity index (χ1v) is 7.37. The average molecular weight is 243 g/mol. The summed E-state index contributed by atoms with van der Waals surface area (Å²) in [5.74, 6) is 0.837. The van der Waals surface area contributed by atoms with E-state index >= 15 is 0 Å². The number of rotatable bonds is 11. The van der Waals surface area contributed by atoms with Crippen molar-refractivity contribution in [2.45, 2.75) is 66.2 Å². The van der Waals surface area contributed by atoms with E-state index in [1.807, 2.05) is 0 Å². The Morgan fingerprint density at radius 1 is 1.18 bits per heavy atom. The molecule has 0 aromatic rings. The molecule has 0 fully saturated rings. The highest BCUT2D eigenvalue weighted by Crippen LogP contribution is 2.21. The van der Waals surface area contributed by atoms with Gasteiger partial charge in [0, 0.05) is 13.2 Å². The average Bonchev–Trinajstić information content (AvgIpc) is 2.31. The van der Waals surface area contributed by atoms with Gasteiger partial charge in [-0.2, -0.15) is 0 Å². The quantitative estimate of drug-likeness (QED) is 0.581. The van der Waals surface area contributed by atoms with E-state index in [1.54, 1.807) is 0 Å². The summed E-state index contributed by atoms with van der Waals surface area (Å²) in [6.07, 6.45) is 7.32. The predicted molar refractivity (Wildman–Crippen MR) is 76.3 cm³/mol. The van der Waals surface area contributed by atoms with Gasteiger partial charge in [-0.25, -0.2) is 0 Å². The van der Waals surface area contributed by atoms with Gasteiger partial charge in [0.05, 0.1) is 0 Å². The summed E-state index contributed by atoms with van der Waals surface area (Å²) in [5.41, 5.74) is 0.311. The summed E-state index contributed by atoms with van der Waals surface area (Å²) in [6.45, 7) is 11.6. The minimum Gasteiger partial charge on any atom is -0.396 e. The summed E-state index contributed by atoms with van der Waals surface area (Å²) in [6, 6.07) is 0. The third-order valence-corrected chi connectivity index (χ3v) is 3.59. The first kappa shape index (κ1) is 16.9. The van der Waals surface area contributed by atoms with Gasteiger partial charge >= 0.3 is 0 Å². The molecule has 2 nitrogen and oxygen atoms in total. The molecule has 0 aliphatic rings. The third-order valence-electron chi connectivity index (χ3n) is 3.59. The zero-order valence-electron chi connectivity index (χ0n) is 12.4. The summed E-state index contributed by atoms with van der Waals surface area (Å²) in [7, 11) is 0. The number of aliphatic hydroxyl groups is 1. The lowest BCUT2D eigenvalue weighted by Gasteiger charge is -2.26. The number of aliphatic hydroxyl groups excluding tert-OH is 1. The van der Waals surface area contributed by atoms with Gasteiger partial charge < -0.3 is 10.4 Å². The van der Waals surface area contributed by atoms with Crippen LogP contribution in [0.15, 0.2) is 0 Å². The molecular weight excluding hydrogens is 210 g/mol. The van der Waals surface area contributed by atoms with Crippen LogP contribution in [0.1, 0.15) is 66.2 Å². The molecule has 0 heterocycles. The molecule has 0 rings (SSSR count). The van der Waals surface area contributed by atoms with Gasteiger partial charge in [-0.05, 0) is 37.1 Å². The van der Waals surface area contributed by atoms with E-state index in [4.69, 9.17) is 5.11 Å². The van der Waals surface area contributed by atoms with Gasteiger partial charge in [-0.15, -0.1) is 0 Å². The van der Waals surface area contributed by atoms with Crippen molar-refractivity contribution in [2.75, 3.05) is 19.7 Å². The van der Waals surface area contributed by atoms with E-state index in [1.165, 1.54) is 25.7 Å². The maximum absolute atomic E-state index is 8.86. The zero-order valence-corrected chi connectivity index (χ0v) is 12.4. The van der Waals surface area contributed by atoms with Crippen LogP contribution in [0.4, 0.5) is 0 Å². The number of hydrogen-bond acceptors (Lipinski definition) is 2. The van der Waals surface area contributed by atoms with E-state index in [-0.39, 0.29) is 0 Å². The second-order valence-electron chi connectivity index (χ2n) is 6.04. The molecular formula is C15H33NO. The normalized spacial score (nSPS) is 13.9. The molecule has 104 valence electrons. The fraction of sp³-hybridized carbons (Fsp3) is 1.00. The van der Waals surface area contributed by atoms with Crippen molar-refractivity contribution in [2.24, 2.45) is 11.3 Å². The minimum atomic E-state index is 0.311. The van der Waals surface area contributed by atoms with Crippen LogP contribution in [0, 0.1) is 11.3 Å². The van der Waals surface area contributed by atoms with Crippen LogP contribution in [0.3, 0.4) is 0 Å².